The average Bonchev–Trinajstić information content (AvgIpc) is 3.25. The Morgan fingerprint density at radius 1 is 1.42 bits per heavy atom. The fraction of sp³-hybridized carbons (Fsp3) is 0.188. The first-order chi connectivity index (χ1) is 11.7. The molecule has 124 valence electrons. The summed E-state index contributed by atoms with van der Waals surface area (Å²) in [5.41, 5.74) is 0.427. The smallest absolute Gasteiger partial charge is 0.255 e. The maximum absolute atomic E-state index is 12.2. The summed E-state index contributed by atoms with van der Waals surface area (Å²) in [5, 5.41) is 10.2. The van der Waals surface area contributed by atoms with E-state index >= 15 is 0 Å². The van der Waals surface area contributed by atoms with Crippen LogP contribution in [0.25, 0.3) is 11.6 Å². The van der Waals surface area contributed by atoms with E-state index in [1.54, 1.807) is 36.6 Å². The highest BCUT2D eigenvalue weighted by Gasteiger charge is 2.13. The van der Waals surface area contributed by atoms with Crippen LogP contribution < -0.4 is 10.1 Å². The number of furan rings is 1. The van der Waals surface area contributed by atoms with Gasteiger partial charge in [0.15, 0.2) is 5.76 Å². The number of aromatic amines is 1. The van der Waals surface area contributed by atoms with Crippen molar-refractivity contribution < 1.29 is 13.9 Å². The highest BCUT2D eigenvalue weighted by molar-refractivity contribution is 6.30. The number of halogens is 1. The summed E-state index contributed by atoms with van der Waals surface area (Å²) >= 11 is 5.89. The van der Waals surface area contributed by atoms with Gasteiger partial charge in [0.25, 0.3) is 5.91 Å². The molecule has 3 rings (SSSR count). The van der Waals surface area contributed by atoms with Crippen molar-refractivity contribution in [1.29, 1.82) is 0 Å². The molecule has 0 atom stereocenters. The predicted molar refractivity (Wildman–Crippen MR) is 88.1 cm³/mol. The summed E-state index contributed by atoms with van der Waals surface area (Å²) in [6, 6.07) is 8.42. The molecule has 0 aliphatic carbocycles. The average molecular weight is 347 g/mol. The summed E-state index contributed by atoms with van der Waals surface area (Å²) < 4.78 is 10.4. The van der Waals surface area contributed by atoms with Gasteiger partial charge in [0.2, 0.25) is 5.82 Å². The maximum Gasteiger partial charge on any atom is 0.255 e. The van der Waals surface area contributed by atoms with Crippen LogP contribution in [0.2, 0.25) is 5.02 Å². The van der Waals surface area contributed by atoms with Gasteiger partial charge < -0.3 is 14.5 Å². The number of hydrogen-bond acceptors (Lipinski definition) is 5. The minimum absolute atomic E-state index is 0.241. The molecule has 0 aliphatic heterocycles. The minimum atomic E-state index is -0.241. The van der Waals surface area contributed by atoms with Crippen molar-refractivity contribution in [3.8, 4) is 17.3 Å². The van der Waals surface area contributed by atoms with Crippen molar-refractivity contribution in [2.45, 2.75) is 6.42 Å². The van der Waals surface area contributed by atoms with E-state index in [2.05, 4.69) is 20.5 Å². The third-order valence-corrected chi connectivity index (χ3v) is 3.56. The quantitative estimate of drug-likeness (QED) is 0.715. The van der Waals surface area contributed by atoms with E-state index in [1.165, 1.54) is 7.11 Å². The summed E-state index contributed by atoms with van der Waals surface area (Å²) in [5.74, 6) is 1.92. The Balaban J connectivity index is 1.58. The van der Waals surface area contributed by atoms with Gasteiger partial charge in [-0.2, -0.15) is 5.10 Å². The maximum atomic E-state index is 12.2. The van der Waals surface area contributed by atoms with E-state index in [0.29, 0.717) is 46.7 Å². The highest BCUT2D eigenvalue weighted by atomic mass is 35.5. The monoisotopic (exact) mass is 346 g/mol. The molecule has 0 bridgehead atoms. The van der Waals surface area contributed by atoms with Crippen molar-refractivity contribution in [2.75, 3.05) is 13.7 Å². The lowest BCUT2D eigenvalue weighted by molar-refractivity contribution is 0.0951. The summed E-state index contributed by atoms with van der Waals surface area (Å²) in [6.45, 7) is 0.400. The number of hydrogen-bond donors (Lipinski definition) is 2. The number of carbonyl (C=O) groups is 1. The molecule has 2 heterocycles. The lowest BCUT2D eigenvalue weighted by atomic mass is 10.2. The number of amides is 1. The van der Waals surface area contributed by atoms with Gasteiger partial charge in [-0.1, -0.05) is 11.6 Å². The third-order valence-electron chi connectivity index (χ3n) is 3.33. The third kappa shape index (κ3) is 3.57. The van der Waals surface area contributed by atoms with Gasteiger partial charge in [0, 0.05) is 18.0 Å². The minimum Gasteiger partial charge on any atom is -0.496 e. The van der Waals surface area contributed by atoms with Crippen molar-refractivity contribution in [2.24, 2.45) is 0 Å². The number of ether oxygens (including phenoxy) is 1. The van der Waals surface area contributed by atoms with Crippen molar-refractivity contribution >= 4 is 17.5 Å². The Bertz CT molecular complexity index is 830. The summed E-state index contributed by atoms with van der Waals surface area (Å²) in [6.07, 6.45) is 2.07. The number of H-pyrrole nitrogens is 1. The predicted octanol–water partition coefficient (Wildman–Crippen LogP) is 2.70. The molecular weight excluding hydrogens is 332 g/mol. The number of rotatable bonds is 6. The van der Waals surface area contributed by atoms with Crippen LogP contribution in [0.1, 0.15) is 16.2 Å². The molecule has 0 radical (unpaired) electrons. The lowest BCUT2D eigenvalue weighted by Crippen LogP contribution is -2.26. The van der Waals surface area contributed by atoms with E-state index in [4.69, 9.17) is 20.8 Å². The second-order valence-corrected chi connectivity index (χ2v) is 5.37. The molecular formula is C16H15ClN4O3. The Morgan fingerprint density at radius 3 is 3.04 bits per heavy atom. The Labute approximate surface area is 143 Å². The molecule has 0 unspecified atom stereocenters. The molecule has 7 nitrogen and oxygen atoms in total. The topological polar surface area (TPSA) is 93.0 Å². The number of aromatic nitrogens is 3. The van der Waals surface area contributed by atoms with E-state index in [-0.39, 0.29) is 5.91 Å². The van der Waals surface area contributed by atoms with Gasteiger partial charge in [0.05, 0.1) is 18.9 Å². The first kappa shape index (κ1) is 16.1. The molecule has 1 amide bonds. The first-order valence-corrected chi connectivity index (χ1v) is 7.62. The SMILES string of the molecule is COc1cc(Cl)ccc1C(=O)NCCc1nc(-c2ccco2)n[nH]1. The van der Waals surface area contributed by atoms with Crippen molar-refractivity contribution in [3.63, 3.8) is 0 Å². The van der Waals surface area contributed by atoms with Gasteiger partial charge in [-0.25, -0.2) is 4.98 Å². The van der Waals surface area contributed by atoms with Crippen LogP contribution in [0, 0.1) is 0 Å². The summed E-state index contributed by atoms with van der Waals surface area (Å²) in [7, 11) is 1.49. The van der Waals surface area contributed by atoms with Gasteiger partial charge in [-0.15, -0.1) is 0 Å². The van der Waals surface area contributed by atoms with Crippen LogP contribution in [-0.4, -0.2) is 34.7 Å². The van der Waals surface area contributed by atoms with Gasteiger partial charge in [0.1, 0.15) is 11.6 Å². The Hall–Kier alpha value is -2.80. The van der Waals surface area contributed by atoms with Crippen LogP contribution in [0.4, 0.5) is 0 Å². The van der Waals surface area contributed by atoms with Gasteiger partial charge in [-0.3, -0.25) is 9.89 Å². The van der Waals surface area contributed by atoms with Crippen LogP contribution in [0.3, 0.4) is 0 Å². The molecule has 0 aliphatic rings. The molecule has 8 heteroatoms. The molecule has 2 N–H and O–H groups in total. The van der Waals surface area contributed by atoms with Crippen LogP contribution >= 0.6 is 11.6 Å². The van der Waals surface area contributed by atoms with E-state index in [9.17, 15) is 4.79 Å². The van der Waals surface area contributed by atoms with Crippen LogP contribution in [0.15, 0.2) is 41.0 Å². The molecule has 0 saturated heterocycles. The second kappa shape index (κ2) is 7.18. The molecule has 3 aromatic rings. The fourth-order valence-electron chi connectivity index (χ4n) is 2.17. The number of nitrogens with one attached hydrogen (secondary N) is 2. The first-order valence-electron chi connectivity index (χ1n) is 7.24. The molecule has 0 fully saturated rings. The zero-order chi connectivity index (χ0) is 16.9. The van der Waals surface area contributed by atoms with Crippen LogP contribution in [0.5, 0.6) is 5.75 Å². The van der Waals surface area contributed by atoms with Crippen LogP contribution in [-0.2, 0) is 6.42 Å². The molecule has 24 heavy (non-hydrogen) atoms. The van der Waals surface area contributed by atoms with Gasteiger partial charge in [-0.05, 0) is 30.3 Å². The molecule has 0 saturated carbocycles. The molecule has 2 aromatic heterocycles. The largest absolute Gasteiger partial charge is 0.496 e. The Morgan fingerprint density at radius 2 is 2.29 bits per heavy atom. The number of nitrogens with zero attached hydrogens (tertiary/aromatic N) is 2. The highest BCUT2D eigenvalue weighted by Crippen LogP contribution is 2.23. The second-order valence-electron chi connectivity index (χ2n) is 4.93. The normalized spacial score (nSPS) is 10.6. The fourth-order valence-corrected chi connectivity index (χ4v) is 2.33. The zero-order valence-electron chi connectivity index (χ0n) is 12.9. The molecule has 0 spiro atoms. The zero-order valence-corrected chi connectivity index (χ0v) is 13.6. The summed E-state index contributed by atoms with van der Waals surface area (Å²) in [4.78, 5) is 16.5. The van der Waals surface area contributed by atoms with E-state index in [0.717, 1.165) is 0 Å². The van der Waals surface area contributed by atoms with E-state index in [1.807, 2.05) is 0 Å². The number of carbonyl (C=O) groups excluding carboxylic acids is 1. The standard InChI is InChI=1S/C16H15ClN4O3/c1-23-13-9-10(17)4-5-11(13)16(22)18-7-6-14-19-15(21-20-14)12-3-2-8-24-12/h2-5,8-9H,6-7H2,1H3,(H,18,22)(H,19,20,21). The molecule has 1 aromatic carbocycles. The van der Waals surface area contributed by atoms with E-state index < -0.39 is 0 Å². The number of benzene rings is 1. The van der Waals surface area contributed by atoms with Crippen molar-refractivity contribution in [1.82, 2.24) is 20.5 Å². The lowest BCUT2D eigenvalue weighted by Gasteiger charge is -2.09. The Kier molecular flexibility index (Phi) is 4.81. The van der Waals surface area contributed by atoms with Crippen molar-refractivity contribution in [3.05, 3.63) is 53.0 Å². The van der Waals surface area contributed by atoms with Gasteiger partial charge >= 0.3 is 0 Å². The number of methoxy groups -OCH3 is 1.